The zero-order chi connectivity index (χ0) is 12.2. The molecule has 1 N–H and O–H groups in total. The van der Waals surface area contributed by atoms with Crippen molar-refractivity contribution in [3.8, 4) is 0 Å². The maximum Gasteiger partial charge on any atom is 0.168 e. The van der Waals surface area contributed by atoms with Gasteiger partial charge in [-0.2, -0.15) is 0 Å². The largest absolute Gasteiger partial charge is 0.382 e. The third-order valence-corrected chi connectivity index (χ3v) is 3.25. The predicted octanol–water partition coefficient (Wildman–Crippen LogP) is 2.51. The van der Waals surface area contributed by atoms with E-state index in [9.17, 15) is 9.90 Å². The number of aromatic nitrogens is 1. The summed E-state index contributed by atoms with van der Waals surface area (Å²) in [4.78, 5) is 15.9. The molecule has 1 aromatic rings. The molecule has 0 saturated carbocycles. The summed E-state index contributed by atoms with van der Waals surface area (Å²) in [6, 6.07) is 1.84. The molecule has 0 unspecified atom stereocenters. The zero-order valence-corrected chi connectivity index (χ0v) is 11.1. The van der Waals surface area contributed by atoms with Gasteiger partial charge in [0, 0.05) is 23.3 Å². The molecule has 0 aliphatic heterocycles. The summed E-state index contributed by atoms with van der Waals surface area (Å²) in [5.74, 6) is -0.141. The molecule has 0 amide bonds. The molecular formula is C12H16BrNO2. The van der Waals surface area contributed by atoms with Gasteiger partial charge in [0.2, 0.25) is 0 Å². The molecule has 0 aromatic carbocycles. The fourth-order valence-electron chi connectivity index (χ4n) is 1.55. The van der Waals surface area contributed by atoms with Gasteiger partial charge in [0.25, 0.3) is 0 Å². The van der Waals surface area contributed by atoms with Gasteiger partial charge in [-0.3, -0.25) is 9.78 Å². The summed E-state index contributed by atoms with van der Waals surface area (Å²) in [5.41, 5.74) is -0.373. The molecule has 88 valence electrons. The van der Waals surface area contributed by atoms with E-state index >= 15 is 0 Å². The second kappa shape index (κ2) is 5.55. The second-order valence-corrected chi connectivity index (χ2v) is 4.77. The van der Waals surface area contributed by atoms with Crippen molar-refractivity contribution in [2.24, 2.45) is 0 Å². The van der Waals surface area contributed by atoms with Crippen LogP contribution in [-0.2, 0) is 11.2 Å². The van der Waals surface area contributed by atoms with Gasteiger partial charge in [0.15, 0.2) is 5.78 Å². The number of pyridine rings is 1. The molecule has 4 heteroatoms. The number of Topliss-reactive ketones (excluding diaryl/α,β-unsaturated/α-hetero) is 1. The second-order valence-electron chi connectivity index (χ2n) is 3.85. The summed E-state index contributed by atoms with van der Waals surface area (Å²) < 4.78 is 0.842. The maximum absolute atomic E-state index is 11.9. The fraction of sp³-hybridized carbons (Fsp3) is 0.500. The topological polar surface area (TPSA) is 50.2 Å². The molecule has 0 fully saturated rings. The highest BCUT2D eigenvalue weighted by Crippen LogP contribution is 2.19. The standard InChI is InChI=1S/C12H16BrNO2/c1-3-12(16,4-2)11(15)6-9-5-10(13)8-14-7-9/h5,7-8,16H,3-4,6H2,1-2H3. The van der Waals surface area contributed by atoms with Gasteiger partial charge in [-0.1, -0.05) is 13.8 Å². The number of hydrogen-bond donors (Lipinski definition) is 1. The van der Waals surface area contributed by atoms with Gasteiger partial charge in [-0.15, -0.1) is 0 Å². The van der Waals surface area contributed by atoms with Crippen LogP contribution in [0.25, 0.3) is 0 Å². The molecule has 16 heavy (non-hydrogen) atoms. The Morgan fingerprint density at radius 3 is 2.56 bits per heavy atom. The third-order valence-electron chi connectivity index (χ3n) is 2.82. The Morgan fingerprint density at radius 2 is 2.06 bits per heavy atom. The van der Waals surface area contributed by atoms with Crippen molar-refractivity contribution in [2.45, 2.75) is 38.7 Å². The SMILES string of the molecule is CCC(O)(CC)C(=O)Cc1cncc(Br)c1. The Kier molecular flexibility index (Phi) is 4.62. The number of nitrogens with zero attached hydrogens (tertiary/aromatic N) is 1. The van der Waals surface area contributed by atoms with Crippen LogP contribution in [0.15, 0.2) is 22.9 Å². The van der Waals surface area contributed by atoms with Gasteiger partial charge in [0.05, 0.1) is 0 Å². The summed E-state index contributed by atoms with van der Waals surface area (Å²) in [6.45, 7) is 3.64. The van der Waals surface area contributed by atoms with E-state index in [2.05, 4.69) is 20.9 Å². The van der Waals surface area contributed by atoms with E-state index in [1.54, 1.807) is 12.4 Å². The first-order chi connectivity index (χ1) is 7.51. The summed E-state index contributed by atoms with van der Waals surface area (Å²) >= 11 is 3.30. The van der Waals surface area contributed by atoms with Crippen LogP contribution in [0.1, 0.15) is 32.3 Å². The number of hydrogen-bond acceptors (Lipinski definition) is 3. The molecule has 0 radical (unpaired) electrons. The molecule has 0 aliphatic carbocycles. The highest BCUT2D eigenvalue weighted by atomic mass is 79.9. The third kappa shape index (κ3) is 3.12. The first-order valence-corrected chi connectivity index (χ1v) is 6.16. The van der Waals surface area contributed by atoms with Crippen LogP contribution >= 0.6 is 15.9 Å². The van der Waals surface area contributed by atoms with Crippen molar-refractivity contribution in [1.82, 2.24) is 4.98 Å². The minimum atomic E-state index is -1.19. The minimum absolute atomic E-state index is 0.141. The molecule has 3 nitrogen and oxygen atoms in total. The molecule has 1 aromatic heterocycles. The van der Waals surface area contributed by atoms with Gasteiger partial charge >= 0.3 is 0 Å². The van der Waals surface area contributed by atoms with E-state index in [1.165, 1.54) is 0 Å². The van der Waals surface area contributed by atoms with Crippen molar-refractivity contribution in [3.05, 3.63) is 28.5 Å². The smallest absolute Gasteiger partial charge is 0.168 e. The summed E-state index contributed by atoms with van der Waals surface area (Å²) in [5, 5.41) is 10.0. The lowest BCUT2D eigenvalue weighted by molar-refractivity contribution is -0.137. The molecule has 0 saturated heterocycles. The molecule has 0 atom stereocenters. The van der Waals surface area contributed by atoms with Crippen molar-refractivity contribution < 1.29 is 9.90 Å². The fourth-order valence-corrected chi connectivity index (χ4v) is 1.96. The quantitative estimate of drug-likeness (QED) is 0.904. The number of rotatable bonds is 5. The van der Waals surface area contributed by atoms with E-state index in [0.29, 0.717) is 12.8 Å². The van der Waals surface area contributed by atoms with Crippen LogP contribution < -0.4 is 0 Å². The van der Waals surface area contributed by atoms with Crippen LogP contribution in [0.2, 0.25) is 0 Å². The Balaban J connectivity index is 2.78. The highest BCUT2D eigenvalue weighted by Gasteiger charge is 2.31. The predicted molar refractivity (Wildman–Crippen MR) is 66.2 cm³/mol. The van der Waals surface area contributed by atoms with E-state index in [1.807, 2.05) is 19.9 Å². The van der Waals surface area contributed by atoms with Crippen LogP contribution in [0.5, 0.6) is 0 Å². The van der Waals surface area contributed by atoms with Crippen molar-refractivity contribution in [3.63, 3.8) is 0 Å². The number of halogens is 1. The van der Waals surface area contributed by atoms with Gasteiger partial charge < -0.3 is 5.11 Å². The van der Waals surface area contributed by atoms with Gasteiger partial charge in [0.1, 0.15) is 5.60 Å². The minimum Gasteiger partial charge on any atom is -0.382 e. The Morgan fingerprint density at radius 1 is 1.44 bits per heavy atom. The van der Waals surface area contributed by atoms with E-state index in [-0.39, 0.29) is 12.2 Å². The zero-order valence-electron chi connectivity index (χ0n) is 9.53. The van der Waals surface area contributed by atoms with Crippen molar-refractivity contribution >= 4 is 21.7 Å². The molecule has 0 bridgehead atoms. The summed E-state index contributed by atoms with van der Waals surface area (Å²) in [7, 11) is 0. The molecule has 0 spiro atoms. The van der Waals surface area contributed by atoms with Crippen LogP contribution in [0.3, 0.4) is 0 Å². The monoisotopic (exact) mass is 285 g/mol. The van der Waals surface area contributed by atoms with E-state index in [4.69, 9.17) is 0 Å². The first kappa shape index (κ1) is 13.3. The molecule has 1 heterocycles. The maximum atomic E-state index is 11.9. The Bertz CT molecular complexity index is 375. The average Bonchev–Trinajstić information content (AvgIpc) is 2.28. The molecular weight excluding hydrogens is 270 g/mol. The first-order valence-electron chi connectivity index (χ1n) is 5.37. The Labute approximate surface area is 104 Å². The number of aliphatic hydroxyl groups is 1. The lowest BCUT2D eigenvalue weighted by atomic mass is 9.89. The lowest BCUT2D eigenvalue weighted by Gasteiger charge is -2.23. The van der Waals surface area contributed by atoms with Crippen LogP contribution in [0, 0.1) is 0 Å². The van der Waals surface area contributed by atoms with E-state index < -0.39 is 5.60 Å². The van der Waals surface area contributed by atoms with Gasteiger partial charge in [-0.25, -0.2) is 0 Å². The normalized spacial score (nSPS) is 11.5. The van der Waals surface area contributed by atoms with Gasteiger partial charge in [-0.05, 0) is 40.4 Å². The highest BCUT2D eigenvalue weighted by molar-refractivity contribution is 9.10. The van der Waals surface area contributed by atoms with E-state index in [0.717, 1.165) is 10.0 Å². The number of ketones is 1. The number of carbonyl (C=O) groups excluding carboxylic acids is 1. The Hall–Kier alpha value is -0.740. The number of carbonyl (C=O) groups is 1. The van der Waals surface area contributed by atoms with Crippen molar-refractivity contribution in [1.29, 1.82) is 0 Å². The van der Waals surface area contributed by atoms with Crippen LogP contribution in [-0.4, -0.2) is 21.5 Å². The van der Waals surface area contributed by atoms with Crippen LogP contribution in [0.4, 0.5) is 0 Å². The molecule has 1 rings (SSSR count). The molecule has 0 aliphatic rings. The lowest BCUT2D eigenvalue weighted by Crippen LogP contribution is -2.38. The van der Waals surface area contributed by atoms with Crippen molar-refractivity contribution in [2.75, 3.05) is 0 Å². The summed E-state index contributed by atoms with van der Waals surface area (Å²) in [6.07, 6.45) is 4.44. The average molecular weight is 286 g/mol.